The van der Waals surface area contributed by atoms with Crippen LogP contribution in [0.1, 0.15) is 16.7 Å². The molecule has 1 heterocycles. The molecule has 3 aromatic rings. The summed E-state index contributed by atoms with van der Waals surface area (Å²) in [7, 11) is -8.94. The highest BCUT2D eigenvalue weighted by Crippen LogP contribution is 2.22. The van der Waals surface area contributed by atoms with Crippen molar-refractivity contribution in [3.63, 3.8) is 0 Å². The lowest BCUT2D eigenvalue weighted by atomic mass is 10.2. The lowest BCUT2D eigenvalue weighted by Gasteiger charge is -2.27. The van der Waals surface area contributed by atoms with E-state index in [9.17, 15) is 21.6 Å². The van der Waals surface area contributed by atoms with E-state index in [1.54, 1.807) is 50.2 Å². The minimum absolute atomic E-state index is 0.0421. The van der Waals surface area contributed by atoms with Crippen molar-refractivity contribution in [2.24, 2.45) is 0 Å². The van der Waals surface area contributed by atoms with Crippen LogP contribution in [0, 0.1) is 40.0 Å². The van der Waals surface area contributed by atoms with Gasteiger partial charge in [0.2, 0.25) is 6.29 Å². The molecule has 3 aromatic carbocycles. The van der Waals surface area contributed by atoms with Gasteiger partial charge in [-0.05, 0) is 62.4 Å². The van der Waals surface area contributed by atoms with Gasteiger partial charge in [-0.15, -0.1) is 6.42 Å². The SMILES string of the molecule is C#Cc1ccc(N(OC(COS(=O)(=O)c2ccc(C)cc2)OS(=O)(=O)c2ccc(C)cc2)C(=O)NCCOCCOCCN2CCOCC2)cc1.[CH2][CH2]. The van der Waals surface area contributed by atoms with E-state index in [0.717, 1.165) is 49.0 Å². The van der Waals surface area contributed by atoms with Gasteiger partial charge in [0.1, 0.15) is 6.61 Å². The van der Waals surface area contributed by atoms with Crippen molar-refractivity contribution in [1.82, 2.24) is 10.2 Å². The van der Waals surface area contributed by atoms with Crippen LogP contribution in [0.3, 0.4) is 0 Å². The largest absolute Gasteiger partial charge is 0.379 e. The van der Waals surface area contributed by atoms with E-state index in [2.05, 4.69) is 30.0 Å². The Hall–Kier alpha value is -3.89. The molecule has 0 saturated carbocycles. The van der Waals surface area contributed by atoms with Crippen LogP contribution in [-0.2, 0) is 47.7 Å². The average Bonchev–Trinajstić information content (AvgIpc) is 3.16. The Morgan fingerprint density at radius 3 is 1.96 bits per heavy atom. The maximum Gasteiger partial charge on any atom is 0.346 e. The first-order valence-electron chi connectivity index (χ1n) is 16.7. The normalized spacial score (nSPS) is 14.0. The van der Waals surface area contributed by atoms with Gasteiger partial charge in [-0.2, -0.15) is 21.9 Å². The molecule has 288 valence electrons. The molecule has 1 aliphatic rings. The van der Waals surface area contributed by atoms with Gasteiger partial charge in [-0.3, -0.25) is 9.08 Å². The third kappa shape index (κ3) is 14.8. The molecule has 0 bridgehead atoms. The van der Waals surface area contributed by atoms with Crippen LogP contribution in [0.25, 0.3) is 0 Å². The molecule has 1 saturated heterocycles. The number of carbonyl (C=O) groups excluding carboxylic acids is 1. The Labute approximate surface area is 313 Å². The Balaban J connectivity index is 0.00000372. The Kier molecular flexibility index (Phi) is 18.4. The summed E-state index contributed by atoms with van der Waals surface area (Å²) in [5, 5.41) is 3.37. The number of hydrogen-bond acceptors (Lipinski definition) is 12. The first-order chi connectivity index (χ1) is 25.5. The van der Waals surface area contributed by atoms with Crippen LogP contribution in [0.15, 0.2) is 82.6 Å². The van der Waals surface area contributed by atoms with Crippen LogP contribution >= 0.6 is 0 Å². The van der Waals surface area contributed by atoms with Crippen molar-refractivity contribution in [3.8, 4) is 12.3 Å². The predicted molar refractivity (Wildman–Crippen MR) is 199 cm³/mol. The van der Waals surface area contributed by atoms with Gasteiger partial charge in [-0.25, -0.2) is 13.8 Å². The highest BCUT2D eigenvalue weighted by molar-refractivity contribution is 7.87. The second-order valence-electron chi connectivity index (χ2n) is 11.3. The number of benzene rings is 3. The van der Waals surface area contributed by atoms with Gasteiger partial charge in [0.05, 0.1) is 55.1 Å². The van der Waals surface area contributed by atoms with Crippen molar-refractivity contribution < 1.29 is 49.0 Å². The fourth-order valence-electron chi connectivity index (χ4n) is 4.57. The molecule has 2 radical (unpaired) electrons. The van der Waals surface area contributed by atoms with Gasteiger partial charge in [-0.1, -0.05) is 55.2 Å². The summed E-state index contributed by atoms with van der Waals surface area (Å²) in [4.78, 5) is 21.1. The van der Waals surface area contributed by atoms with Crippen molar-refractivity contribution in [2.75, 3.05) is 77.5 Å². The summed E-state index contributed by atoms with van der Waals surface area (Å²) in [5.41, 5.74) is 2.25. The number of carbonyl (C=O) groups is 1. The third-order valence-electron chi connectivity index (χ3n) is 7.44. The molecule has 0 aliphatic carbocycles. The van der Waals surface area contributed by atoms with Crippen molar-refractivity contribution in [3.05, 3.63) is 103 Å². The van der Waals surface area contributed by atoms with Crippen LogP contribution in [0.5, 0.6) is 0 Å². The van der Waals surface area contributed by atoms with Crippen molar-refractivity contribution >= 4 is 32.0 Å². The number of amides is 2. The monoisotopic (exact) mass is 773 g/mol. The van der Waals surface area contributed by atoms with Crippen LogP contribution in [-0.4, -0.2) is 106 Å². The zero-order valence-corrected chi connectivity index (χ0v) is 31.6. The van der Waals surface area contributed by atoms with E-state index in [1.165, 1.54) is 36.4 Å². The van der Waals surface area contributed by atoms with E-state index in [-0.39, 0.29) is 28.6 Å². The molecular formula is C37H47N3O11S2. The number of nitrogens with one attached hydrogen (secondary N) is 1. The average molecular weight is 774 g/mol. The number of hydrogen-bond donors (Lipinski definition) is 1. The topological polar surface area (TPSA) is 159 Å². The molecule has 1 unspecified atom stereocenters. The van der Waals surface area contributed by atoms with Crippen molar-refractivity contribution in [1.29, 1.82) is 0 Å². The number of urea groups is 1. The maximum atomic E-state index is 13.5. The molecule has 1 N–H and O–H groups in total. The molecule has 14 nitrogen and oxygen atoms in total. The van der Waals surface area contributed by atoms with Gasteiger partial charge >= 0.3 is 6.03 Å². The lowest BCUT2D eigenvalue weighted by Crippen LogP contribution is -2.45. The van der Waals surface area contributed by atoms with E-state index in [4.69, 9.17) is 33.8 Å². The summed E-state index contributed by atoms with van der Waals surface area (Å²) < 4.78 is 79.7. The highest BCUT2D eigenvalue weighted by atomic mass is 32.2. The fraction of sp³-hybridized carbons (Fsp3) is 0.378. The van der Waals surface area contributed by atoms with Gasteiger partial charge in [0.25, 0.3) is 20.2 Å². The fourth-order valence-corrected chi connectivity index (χ4v) is 6.42. The molecule has 1 aliphatic heterocycles. The maximum absolute atomic E-state index is 13.5. The molecule has 4 rings (SSSR count). The number of anilines is 1. The van der Waals surface area contributed by atoms with Crippen LogP contribution in [0.2, 0.25) is 0 Å². The third-order valence-corrected chi connectivity index (χ3v) is 10.1. The number of terminal acetylenes is 1. The molecule has 1 fully saturated rings. The summed E-state index contributed by atoms with van der Waals surface area (Å²) in [6, 6.07) is 16.8. The van der Waals surface area contributed by atoms with Crippen LogP contribution in [0.4, 0.5) is 10.5 Å². The number of ether oxygens (including phenoxy) is 3. The van der Waals surface area contributed by atoms with E-state index >= 15 is 0 Å². The van der Waals surface area contributed by atoms with Gasteiger partial charge in [0.15, 0.2) is 0 Å². The van der Waals surface area contributed by atoms with E-state index < -0.39 is 39.2 Å². The molecule has 1 atom stereocenters. The molecular weight excluding hydrogens is 727 g/mol. The van der Waals surface area contributed by atoms with E-state index in [0.29, 0.717) is 25.4 Å². The summed E-state index contributed by atoms with van der Waals surface area (Å²) >= 11 is 0. The number of aryl methyl sites for hydroxylation is 2. The Morgan fingerprint density at radius 1 is 0.849 bits per heavy atom. The quantitative estimate of drug-likeness (QED) is 0.0617. The molecule has 2 amide bonds. The second-order valence-corrected chi connectivity index (χ2v) is 14.5. The minimum atomic E-state index is -4.54. The molecule has 0 spiro atoms. The summed E-state index contributed by atoms with van der Waals surface area (Å²) in [6.07, 6.45) is 3.53. The Morgan fingerprint density at radius 2 is 1.40 bits per heavy atom. The lowest BCUT2D eigenvalue weighted by molar-refractivity contribution is -0.0989. The van der Waals surface area contributed by atoms with Crippen molar-refractivity contribution in [2.45, 2.75) is 29.9 Å². The standard InChI is InChI=1S/C35H43N3O11S2.C2H4/c1-4-30-9-11-31(12-10-30)38(35(39)36-17-21-44-25-26-46-24-20-37-18-22-45-23-19-37)48-34(49-51(42,43)33-15-7-29(3)8-16-33)27-47-50(40,41)32-13-5-28(2)6-14-32;1-2/h1,5-16,34H,17-27H2,2-3H3,(H,36,39);1-2H2. The van der Waals surface area contributed by atoms with Crippen LogP contribution < -0.4 is 10.4 Å². The smallest absolute Gasteiger partial charge is 0.346 e. The van der Waals surface area contributed by atoms with Gasteiger partial charge < -0.3 is 19.5 Å². The number of morpholine rings is 1. The predicted octanol–water partition coefficient (Wildman–Crippen LogP) is 3.89. The molecule has 0 aromatic heterocycles. The first kappa shape index (κ1) is 43.5. The number of hydroxylamine groups is 1. The second kappa shape index (κ2) is 22.4. The Bertz CT molecular complexity index is 1790. The minimum Gasteiger partial charge on any atom is -0.379 e. The number of nitrogens with zero attached hydrogens (tertiary/aromatic N) is 2. The summed E-state index contributed by atoms with van der Waals surface area (Å²) in [5.74, 6) is 2.47. The highest BCUT2D eigenvalue weighted by Gasteiger charge is 2.30. The molecule has 16 heteroatoms. The zero-order valence-electron chi connectivity index (χ0n) is 30.0. The zero-order chi connectivity index (χ0) is 38.7. The number of rotatable bonds is 19. The first-order valence-corrected chi connectivity index (χ1v) is 19.5. The molecule has 53 heavy (non-hydrogen) atoms. The van der Waals surface area contributed by atoms with Gasteiger partial charge in [0, 0.05) is 31.7 Å². The van der Waals surface area contributed by atoms with E-state index in [1.807, 2.05) is 0 Å². The summed E-state index contributed by atoms with van der Waals surface area (Å²) in [6.45, 7) is 14.0.